The van der Waals surface area contributed by atoms with Crippen molar-refractivity contribution in [2.45, 2.75) is 51.2 Å². The molecule has 1 fully saturated rings. The summed E-state index contributed by atoms with van der Waals surface area (Å²) in [5.74, 6) is 1.47. The lowest BCUT2D eigenvalue weighted by atomic mass is 10.0. The van der Waals surface area contributed by atoms with E-state index in [-0.39, 0.29) is 24.2 Å². The number of carbonyl (C=O) groups is 1. The molecule has 0 aliphatic heterocycles. The van der Waals surface area contributed by atoms with Gasteiger partial charge in [-0.3, -0.25) is 9.82 Å². The third-order valence-electron chi connectivity index (χ3n) is 4.43. The number of hydrogen-bond donors (Lipinski definition) is 5. The van der Waals surface area contributed by atoms with E-state index in [1.54, 1.807) is 12.1 Å². The SMILES string of the molecule is CC(C)NC(=O)O[C@@H]1CC[C@H](c2cc(Nc3ccc(NS(C)(=N)=O)cn3)n[nH]2)C1. The summed E-state index contributed by atoms with van der Waals surface area (Å²) in [6.45, 7) is 3.79. The molecule has 1 saturated carbocycles. The Kier molecular flexibility index (Phi) is 6.26. The highest BCUT2D eigenvalue weighted by Crippen LogP contribution is 2.36. The van der Waals surface area contributed by atoms with Crippen molar-refractivity contribution < 1.29 is 13.7 Å². The number of alkyl carbamates (subject to hydrolysis) is 1. The van der Waals surface area contributed by atoms with E-state index in [1.807, 2.05) is 19.9 Å². The molecule has 3 rings (SSSR count). The highest BCUT2D eigenvalue weighted by molar-refractivity contribution is 7.93. The molecule has 2 heterocycles. The Morgan fingerprint density at radius 3 is 2.79 bits per heavy atom. The van der Waals surface area contributed by atoms with Crippen molar-refractivity contribution in [3.8, 4) is 0 Å². The second-order valence-electron chi connectivity index (χ2n) is 7.55. The zero-order chi connectivity index (χ0) is 21.0. The van der Waals surface area contributed by atoms with E-state index in [4.69, 9.17) is 9.52 Å². The summed E-state index contributed by atoms with van der Waals surface area (Å²) in [4.78, 5) is 16.0. The van der Waals surface area contributed by atoms with Crippen LogP contribution < -0.4 is 15.4 Å². The molecule has 29 heavy (non-hydrogen) atoms. The number of aromatic amines is 1. The Labute approximate surface area is 170 Å². The molecule has 2 aromatic heterocycles. The molecule has 11 heteroatoms. The highest BCUT2D eigenvalue weighted by Gasteiger charge is 2.30. The van der Waals surface area contributed by atoms with Crippen LogP contribution in [0.2, 0.25) is 0 Å². The first kappa shape index (κ1) is 20.9. The van der Waals surface area contributed by atoms with Crippen LogP contribution in [0.1, 0.15) is 44.7 Å². The quantitative estimate of drug-likeness (QED) is 0.464. The number of aromatic nitrogens is 3. The molecular weight excluding hydrogens is 394 g/mol. The lowest BCUT2D eigenvalue weighted by Gasteiger charge is -2.14. The molecule has 3 atom stereocenters. The molecule has 0 radical (unpaired) electrons. The molecule has 1 amide bonds. The molecule has 5 N–H and O–H groups in total. The van der Waals surface area contributed by atoms with Crippen LogP contribution in [-0.2, 0) is 14.7 Å². The van der Waals surface area contributed by atoms with Gasteiger partial charge in [-0.2, -0.15) is 5.10 Å². The highest BCUT2D eigenvalue weighted by atomic mass is 32.2. The number of carbonyl (C=O) groups excluding carboxylic acids is 1. The van der Waals surface area contributed by atoms with Gasteiger partial charge in [0.05, 0.1) is 11.9 Å². The largest absolute Gasteiger partial charge is 0.446 e. The predicted octanol–water partition coefficient (Wildman–Crippen LogP) is 3.32. The van der Waals surface area contributed by atoms with Crippen molar-refractivity contribution >= 4 is 33.3 Å². The van der Waals surface area contributed by atoms with Crippen LogP contribution in [0.4, 0.5) is 22.1 Å². The van der Waals surface area contributed by atoms with Gasteiger partial charge in [0.1, 0.15) is 21.8 Å². The van der Waals surface area contributed by atoms with Gasteiger partial charge >= 0.3 is 6.09 Å². The number of nitrogens with zero attached hydrogens (tertiary/aromatic N) is 2. The number of rotatable bonds is 7. The van der Waals surface area contributed by atoms with Crippen molar-refractivity contribution in [2.24, 2.45) is 0 Å². The fourth-order valence-corrected chi connectivity index (χ4v) is 3.82. The molecule has 2 aromatic rings. The number of amides is 1. The van der Waals surface area contributed by atoms with E-state index in [2.05, 4.69) is 30.5 Å². The molecule has 1 aliphatic rings. The van der Waals surface area contributed by atoms with Crippen LogP contribution in [0.3, 0.4) is 0 Å². The monoisotopic (exact) mass is 421 g/mol. The minimum Gasteiger partial charge on any atom is -0.446 e. The molecule has 0 spiro atoms. The molecule has 0 aromatic carbocycles. The molecule has 1 aliphatic carbocycles. The summed E-state index contributed by atoms with van der Waals surface area (Å²) in [5, 5.41) is 13.2. The summed E-state index contributed by atoms with van der Waals surface area (Å²) in [7, 11) is -2.84. The lowest BCUT2D eigenvalue weighted by Crippen LogP contribution is -2.33. The summed E-state index contributed by atoms with van der Waals surface area (Å²) in [6.07, 6.45) is 4.86. The summed E-state index contributed by atoms with van der Waals surface area (Å²) in [6, 6.07) is 5.39. The van der Waals surface area contributed by atoms with Crippen molar-refractivity contribution in [2.75, 3.05) is 16.3 Å². The number of hydrogen-bond acceptors (Lipinski definition) is 7. The Balaban J connectivity index is 1.54. The van der Waals surface area contributed by atoms with E-state index in [1.165, 1.54) is 12.5 Å². The summed E-state index contributed by atoms with van der Waals surface area (Å²) in [5.41, 5.74) is 1.50. The standard InChI is InChI=1S/C18H27N7O3S/c1-11(2)21-18(26)28-14-6-4-12(8-14)15-9-17(24-23-15)22-16-7-5-13(10-20-16)25-29(3,19)27/h5,7,9-12,14H,4,6,8H2,1-3H3,(H,21,26)(H2,19,25,27)(H2,20,22,23,24)/t12-,14+,29?/m0/s1. The Bertz CT molecular complexity index is 941. The first-order valence-electron chi connectivity index (χ1n) is 9.45. The molecule has 158 valence electrons. The number of ether oxygens (including phenoxy) is 1. The van der Waals surface area contributed by atoms with Gasteiger partial charge in [-0.25, -0.2) is 18.8 Å². The Hall–Kier alpha value is -2.82. The Morgan fingerprint density at radius 2 is 2.14 bits per heavy atom. The second-order valence-corrected chi connectivity index (χ2v) is 9.44. The van der Waals surface area contributed by atoms with Crippen LogP contribution in [0, 0.1) is 4.78 Å². The Morgan fingerprint density at radius 1 is 1.34 bits per heavy atom. The fraction of sp³-hybridized carbons (Fsp3) is 0.500. The van der Waals surface area contributed by atoms with Crippen LogP contribution in [0.5, 0.6) is 0 Å². The zero-order valence-corrected chi connectivity index (χ0v) is 17.5. The normalized spacial score (nSPS) is 20.8. The first-order valence-corrected chi connectivity index (χ1v) is 11.4. The number of H-pyrrole nitrogens is 1. The molecule has 10 nitrogen and oxygen atoms in total. The maximum Gasteiger partial charge on any atom is 0.407 e. The topological polar surface area (TPSA) is 145 Å². The first-order chi connectivity index (χ1) is 13.7. The van der Waals surface area contributed by atoms with Gasteiger partial charge in [0.15, 0.2) is 5.82 Å². The average molecular weight is 422 g/mol. The number of anilines is 3. The summed E-state index contributed by atoms with van der Waals surface area (Å²) >= 11 is 0. The van der Waals surface area contributed by atoms with Crippen LogP contribution in [0.15, 0.2) is 24.4 Å². The minimum absolute atomic E-state index is 0.0532. The smallest absolute Gasteiger partial charge is 0.407 e. The third kappa shape index (κ3) is 6.34. The fourth-order valence-electron chi connectivity index (χ4n) is 3.24. The predicted molar refractivity (Wildman–Crippen MR) is 112 cm³/mol. The molecule has 0 bridgehead atoms. The molecule has 1 unspecified atom stereocenters. The maximum absolute atomic E-state index is 11.8. The second kappa shape index (κ2) is 8.68. The molecule has 0 saturated heterocycles. The van der Waals surface area contributed by atoms with Crippen LogP contribution >= 0.6 is 0 Å². The van der Waals surface area contributed by atoms with E-state index < -0.39 is 9.92 Å². The van der Waals surface area contributed by atoms with Crippen LogP contribution in [-0.4, -0.2) is 43.9 Å². The van der Waals surface area contributed by atoms with Gasteiger partial charge < -0.3 is 15.4 Å². The van der Waals surface area contributed by atoms with Crippen molar-refractivity contribution in [1.82, 2.24) is 20.5 Å². The van der Waals surface area contributed by atoms with Gasteiger partial charge in [0.25, 0.3) is 0 Å². The summed E-state index contributed by atoms with van der Waals surface area (Å²) < 4.78 is 26.9. The number of pyridine rings is 1. The zero-order valence-electron chi connectivity index (χ0n) is 16.7. The van der Waals surface area contributed by atoms with Gasteiger partial charge in [-0.1, -0.05) is 0 Å². The van der Waals surface area contributed by atoms with E-state index in [0.29, 0.717) is 17.3 Å². The van der Waals surface area contributed by atoms with Crippen LogP contribution in [0.25, 0.3) is 0 Å². The van der Waals surface area contributed by atoms with Gasteiger partial charge in [0.2, 0.25) is 0 Å². The van der Waals surface area contributed by atoms with E-state index in [9.17, 15) is 9.00 Å². The number of nitrogens with one attached hydrogen (secondary N) is 5. The van der Waals surface area contributed by atoms with E-state index >= 15 is 0 Å². The average Bonchev–Trinajstić information content (AvgIpc) is 3.24. The van der Waals surface area contributed by atoms with Crippen molar-refractivity contribution in [1.29, 1.82) is 4.78 Å². The van der Waals surface area contributed by atoms with Gasteiger partial charge in [-0.15, -0.1) is 0 Å². The maximum atomic E-state index is 11.8. The van der Waals surface area contributed by atoms with E-state index in [0.717, 1.165) is 25.0 Å². The minimum atomic E-state index is -2.84. The molecular formula is C18H27N7O3S. The van der Waals surface area contributed by atoms with Crippen molar-refractivity contribution in [3.63, 3.8) is 0 Å². The van der Waals surface area contributed by atoms with Gasteiger partial charge in [0, 0.05) is 30.0 Å². The van der Waals surface area contributed by atoms with Gasteiger partial charge in [-0.05, 0) is 45.2 Å². The third-order valence-corrected chi connectivity index (χ3v) is 5.06. The lowest BCUT2D eigenvalue weighted by molar-refractivity contribution is 0.0981. The van der Waals surface area contributed by atoms with Crippen molar-refractivity contribution in [3.05, 3.63) is 30.1 Å².